The van der Waals surface area contributed by atoms with Crippen LogP contribution in [-0.4, -0.2) is 13.2 Å². The molecule has 18 heavy (non-hydrogen) atoms. The van der Waals surface area contributed by atoms with E-state index in [4.69, 9.17) is 16.3 Å². The van der Waals surface area contributed by atoms with Gasteiger partial charge in [-0.15, -0.1) is 0 Å². The maximum absolute atomic E-state index is 13.1. The quantitative estimate of drug-likeness (QED) is 0.841. The second-order valence-electron chi connectivity index (χ2n) is 4.12. The van der Waals surface area contributed by atoms with Crippen molar-refractivity contribution >= 4 is 17.3 Å². The number of halogens is 2. The van der Waals surface area contributed by atoms with Crippen LogP contribution in [0.2, 0.25) is 5.02 Å². The summed E-state index contributed by atoms with van der Waals surface area (Å²) < 4.78 is 18.6. The molecule has 0 bridgehead atoms. The average Bonchev–Trinajstić information content (AvgIpc) is 2.41. The highest BCUT2D eigenvalue weighted by Crippen LogP contribution is 2.33. The van der Waals surface area contributed by atoms with Gasteiger partial charge in [-0.2, -0.15) is 0 Å². The van der Waals surface area contributed by atoms with Crippen LogP contribution in [0.4, 0.5) is 10.1 Å². The van der Waals surface area contributed by atoms with Crippen LogP contribution in [0.1, 0.15) is 0 Å². The van der Waals surface area contributed by atoms with Crippen LogP contribution >= 0.6 is 11.6 Å². The monoisotopic (exact) mass is 263 g/mol. The Morgan fingerprint density at radius 1 is 1.11 bits per heavy atom. The SMILES string of the molecule is Fc1ccc(-c2ccc3c(c2)NCCO3)cc1Cl. The van der Waals surface area contributed by atoms with E-state index in [1.54, 1.807) is 12.1 Å². The van der Waals surface area contributed by atoms with Gasteiger partial charge in [-0.05, 0) is 35.4 Å². The first-order valence-electron chi connectivity index (χ1n) is 5.70. The van der Waals surface area contributed by atoms with Crippen molar-refractivity contribution in [1.82, 2.24) is 0 Å². The molecule has 2 nitrogen and oxygen atoms in total. The third-order valence-electron chi connectivity index (χ3n) is 2.91. The maximum Gasteiger partial charge on any atom is 0.142 e. The molecule has 0 aliphatic carbocycles. The summed E-state index contributed by atoms with van der Waals surface area (Å²) in [5, 5.41) is 3.40. The largest absolute Gasteiger partial charge is 0.490 e. The van der Waals surface area contributed by atoms with Crippen LogP contribution in [0, 0.1) is 5.82 Å². The Labute approximate surface area is 109 Å². The van der Waals surface area contributed by atoms with Gasteiger partial charge in [0.1, 0.15) is 18.2 Å². The molecule has 1 aliphatic heterocycles. The van der Waals surface area contributed by atoms with Gasteiger partial charge in [0.25, 0.3) is 0 Å². The van der Waals surface area contributed by atoms with Gasteiger partial charge in [-0.1, -0.05) is 23.7 Å². The fraction of sp³-hybridized carbons (Fsp3) is 0.143. The molecule has 1 aliphatic rings. The summed E-state index contributed by atoms with van der Waals surface area (Å²) in [5.41, 5.74) is 2.82. The lowest BCUT2D eigenvalue weighted by Gasteiger charge is -2.19. The Kier molecular flexibility index (Phi) is 2.84. The average molecular weight is 264 g/mol. The third-order valence-corrected chi connectivity index (χ3v) is 3.20. The first-order valence-corrected chi connectivity index (χ1v) is 6.08. The topological polar surface area (TPSA) is 21.3 Å². The van der Waals surface area contributed by atoms with E-state index in [1.165, 1.54) is 6.07 Å². The molecule has 2 aromatic carbocycles. The van der Waals surface area contributed by atoms with Gasteiger partial charge in [0.2, 0.25) is 0 Å². The van der Waals surface area contributed by atoms with Crippen molar-refractivity contribution in [1.29, 1.82) is 0 Å². The van der Waals surface area contributed by atoms with Crippen LogP contribution in [0.5, 0.6) is 5.75 Å². The fourth-order valence-electron chi connectivity index (χ4n) is 2.00. The second-order valence-corrected chi connectivity index (χ2v) is 4.52. The van der Waals surface area contributed by atoms with Gasteiger partial charge in [-0.3, -0.25) is 0 Å². The molecule has 1 heterocycles. The standard InChI is InChI=1S/C14H11ClFNO/c15-11-7-9(1-3-12(11)16)10-2-4-14-13(8-10)17-5-6-18-14/h1-4,7-8,17H,5-6H2. The lowest BCUT2D eigenvalue weighted by molar-refractivity contribution is 0.323. The minimum atomic E-state index is -0.403. The molecule has 4 heteroatoms. The van der Waals surface area contributed by atoms with Crippen molar-refractivity contribution in [2.75, 3.05) is 18.5 Å². The summed E-state index contributed by atoms with van der Waals surface area (Å²) in [5.74, 6) is 0.443. The van der Waals surface area contributed by atoms with E-state index < -0.39 is 5.82 Å². The van der Waals surface area contributed by atoms with Crippen molar-refractivity contribution in [3.63, 3.8) is 0 Å². The van der Waals surface area contributed by atoms with Gasteiger partial charge >= 0.3 is 0 Å². The highest BCUT2D eigenvalue weighted by Gasteiger charge is 2.11. The Morgan fingerprint density at radius 2 is 1.89 bits per heavy atom. The fourth-order valence-corrected chi connectivity index (χ4v) is 2.18. The number of ether oxygens (including phenoxy) is 1. The molecule has 0 atom stereocenters. The molecule has 3 rings (SSSR count). The Balaban J connectivity index is 2.03. The summed E-state index contributed by atoms with van der Waals surface area (Å²) in [6.07, 6.45) is 0. The Bertz CT molecular complexity index is 600. The molecule has 0 saturated heterocycles. The predicted molar refractivity (Wildman–Crippen MR) is 70.8 cm³/mol. The van der Waals surface area contributed by atoms with Crippen LogP contribution < -0.4 is 10.1 Å². The first-order chi connectivity index (χ1) is 8.74. The van der Waals surface area contributed by atoms with Crippen molar-refractivity contribution in [3.8, 4) is 16.9 Å². The number of hydrogen-bond donors (Lipinski definition) is 1. The maximum atomic E-state index is 13.1. The lowest BCUT2D eigenvalue weighted by Crippen LogP contribution is -2.17. The Hall–Kier alpha value is -1.74. The highest BCUT2D eigenvalue weighted by molar-refractivity contribution is 6.31. The van der Waals surface area contributed by atoms with E-state index in [0.717, 1.165) is 29.1 Å². The first kappa shape index (κ1) is 11.4. The molecule has 0 unspecified atom stereocenters. The van der Waals surface area contributed by atoms with Gasteiger partial charge < -0.3 is 10.1 Å². The normalized spacial score (nSPS) is 13.4. The molecule has 0 radical (unpaired) electrons. The zero-order chi connectivity index (χ0) is 12.5. The van der Waals surface area contributed by atoms with Gasteiger partial charge in [0.05, 0.1) is 10.7 Å². The zero-order valence-electron chi connectivity index (χ0n) is 9.54. The third kappa shape index (κ3) is 2.02. The number of hydrogen-bond acceptors (Lipinski definition) is 2. The lowest BCUT2D eigenvalue weighted by atomic mass is 10.0. The van der Waals surface area contributed by atoms with Crippen molar-refractivity contribution in [3.05, 3.63) is 47.2 Å². The van der Waals surface area contributed by atoms with Crippen LogP contribution in [0.3, 0.4) is 0 Å². The molecule has 0 aromatic heterocycles. The molecule has 1 N–H and O–H groups in total. The molecule has 92 valence electrons. The number of fused-ring (bicyclic) bond motifs is 1. The van der Waals surface area contributed by atoms with E-state index >= 15 is 0 Å². The number of rotatable bonds is 1. The summed E-state index contributed by atoms with van der Waals surface area (Å²) in [7, 11) is 0. The van der Waals surface area contributed by atoms with Crippen molar-refractivity contribution in [2.45, 2.75) is 0 Å². The molecule has 0 fully saturated rings. The van der Waals surface area contributed by atoms with E-state index in [-0.39, 0.29) is 5.02 Å². The van der Waals surface area contributed by atoms with Crippen LogP contribution in [-0.2, 0) is 0 Å². The van der Waals surface area contributed by atoms with E-state index in [9.17, 15) is 4.39 Å². The predicted octanol–water partition coefficient (Wildman–Crippen LogP) is 3.95. The second kappa shape index (κ2) is 4.50. The molecular weight excluding hydrogens is 253 g/mol. The Morgan fingerprint density at radius 3 is 2.72 bits per heavy atom. The van der Waals surface area contributed by atoms with Crippen LogP contribution in [0.25, 0.3) is 11.1 Å². The molecule has 0 amide bonds. The van der Waals surface area contributed by atoms with Gasteiger partial charge in [0.15, 0.2) is 0 Å². The molecule has 2 aromatic rings. The molecule has 0 spiro atoms. The number of benzene rings is 2. The summed E-state index contributed by atoms with van der Waals surface area (Å²) in [6, 6.07) is 10.6. The van der Waals surface area contributed by atoms with Gasteiger partial charge in [-0.25, -0.2) is 4.39 Å². The van der Waals surface area contributed by atoms with E-state index in [2.05, 4.69) is 5.32 Å². The molecule has 0 saturated carbocycles. The smallest absolute Gasteiger partial charge is 0.142 e. The minimum Gasteiger partial charge on any atom is -0.490 e. The number of nitrogens with one attached hydrogen (secondary N) is 1. The number of anilines is 1. The highest BCUT2D eigenvalue weighted by atomic mass is 35.5. The van der Waals surface area contributed by atoms with E-state index in [0.29, 0.717) is 6.61 Å². The summed E-state index contributed by atoms with van der Waals surface area (Å²) in [6.45, 7) is 1.47. The van der Waals surface area contributed by atoms with Crippen LogP contribution in [0.15, 0.2) is 36.4 Å². The zero-order valence-corrected chi connectivity index (χ0v) is 10.3. The van der Waals surface area contributed by atoms with Crippen molar-refractivity contribution < 1.29 is 9.13 Å². The summed E-state index contributed by atoms with van der Waals surface area (Å²) >= 11 is 5.79. The van der Waals surface area contributed by atoms with Gasteiger partial charge in [0, 0.05) is 6.54 Å². The minimum absolute atomic E-state index is 0.134. The summed E-state index contributed by atoms with van der Waals surface area (Å²) in [4.78, 5) is 0. The van der Waals surface area contributed by atoms with Crippen molar-refractivity contribution in [2.24, 2.45) is 0 Å². The molecular formula is C14H11ClFNO. The van der Waals surface area contributed by atoms with E-state index in [1.807, 2.05) is 18.2 Å².